The number of carbonyl (C=O) groups excluding carboxylic acids is 1. The first-order valence-corrected chi connectivity index (χ1v) is 5.05. The maximum Gasteiger partial charge on any atom is 0.330 e. The van der Waals surface area contributed by atoms with Gasteiger partial charge in [0.1, 0.15) is 0 Å². The SMILES string of the molecule is CCOC(=O)C=Cc1ncc(Cl)cc1Cl. The van der Waals surface area contributed by atoms with Crippen LogP contribution in [0.2, 0.25) is 10.0 Å². The minimum Gasteiger partial charge on any atom is -0.463 e. The van der Waals surface area contributed by atoms with Crippen LogP contribution in [0.15, 0.2) is 18.3 Å². The van der Waals surface area contributed by atoms with E-state index in [1.807, 2.05) is 0 Å². The molecule has 0 bridgehead atoms. The molecule has 0 aliphatic rings. The number of hydrogen-bond donors (Lipinski definition) is 0. The molecule has 1 heterocycles. The zero-order valence-electron chi connectivity index (χ0n) is 8.04. The monoisotopic (exact) mass is 245 g/mol. The fraction of sp³-hybridized carbons (Fsp3) is 0.200. The third-order valence-electron chi connectivity index (χ3n) is 1.50. The van der Waals surface area contributed by atoms with Crippen molar-refractivity contribution < 1.29 is 9.53 Å². The summed E-state index contributed by atoms with van der Waals surface area (Å²) in [6.45, 7) is 2.07. The predicted octanol–water partition coefficient (Wildman–Crippen LogP) is 2.96. The number of aromatic nitrogens is 1. The highest BCUT2D eigenvalue weighted by Gasteiger charge is 2.00. The van der Waals surface area contributed by atoms with Gasteiger partial charge in [-0.05, 0) is 19.1 Å². The molecule has 0 saturated carbocycles. The molecule has 0 fully saturated rings. The zero-order valence-corrected chi connectivity index (χ0v) is 9.55. The van der Waals surface area contributed by atoms with Gasteiger partial charge in [-0.15, -0.1) is 0 Å². The molecule has 0 spiro atoms. The highest BCUT2D eigenvalue weighted by Crippen LogP contribution is 2.19. The van der Waals surface area contributed by atoms with E-state index in [2.05, 4.69) is 4.98 Å². The zero-order chi connectivity index (χ0) is 11.3. The van der Waals surface area contributed by atoms with Crippen molar-refractivity contribution in [2.24, 2.45) is 0 Å². The molecular weight excluding hydrogens is 237 g/mol. The van der Waals surface area contributed by atoms with Crippen molar-refractivity contribution >= 4 is 35.2 Å². The van der Waals surface area contributed by atoms with Gasteiger partial charge in [0.15, 0.2) is 0 Å². The molecule has 0 amide bonds. The van der Waals surface area contributed by atoms with Crippen LogP contribution in [-0.4, -0.2) is 17.6 Å². The van der Waals surface area contributed by atoms with Gasteiger partial charge in [0.2, 0.25) is 0 Å². The maximum atomic E-state index is 11.0. The summed E-state index contributed by atoms with van der Waals surface area (Å²) in [5.41, 5.74) is 0.481. The Bertz CT molecular complexity index is 391. The van der Waals surface area contributed by atoms with Crippen molar-refractivity contribution in [3.8, 4) is 0 Å². The van der Waals surface area contributed by atoms with E-state index in [9.17, 15) is 4.79 Å². The third kappa shape index (κ3) is 3.90. The van der Waals surface area contributed by atoms with Gasteiger partial charge < -0.3 is 4.74 Å². The van der Waals surface area contributed by atoms with E-state index in [0.717, 1.165) is 0 Å². The number of rotatable bonds is 3. The number of nitrogens with zero attached hydrogens (tertiary/aromatic N) is 1. The molecular formula is C10H9Cl2NO2. The lowest BCUT2D eigenvalue weighted by Gasteiger charge is -1.98. The first-order valence-electron chi connectivity index (χ1n) is 4.29. The normalized spacial score (nSPS) is 10.6. The molecule has 0 atom stereocenters. The molecule has 0 aliphatic heterocycles. The fourth-order valence-corrected chi connectivity index (χ4v) is 1.33. The summed E-state index contributed by atoms with van der Waals surface area (Å²) in [4.78, 5) is 14.9. The quantitative estimate of drug-likeness (QED) is 0.608. The second kappa shape index (κ2) is 5.73. The molecule has 1 rings (SSSR count). The lowest BCUT2D eigenvalue weighted by molar-refractivity contribution is -0.137. The smallest absolute Gasteiger partial charge is 0.330 e. The van der Waals surface area contributed by atoms with Crippen LogP contribution in [0.4, 0.5) is 0 Å². The van der Waals surface area contributed by atoms with Crippen LogP contribution < -0.4 is 0 Å². The lowest BCUT2D eigenvalue weighted by Crippen LogP contribution is -1.98. The number of ether oxygens (including phenoxy) is 1. The molecule has 0 N–H and O–H groups in total. The van der Waals surface area contributed by atoms with Gasteiger partial charge >= 0.3 is 5.97 Å². The number of esters is 1. The van der Waals surface area contributed by atoms with Crippen LogP contribution in [0, 0.1) is 0 Å². The molecule has 1 aromatic heterocycles. The van der Waals surface area contributed by atoms with Gasteiger partial charge in [0.05, 0.1) is 22.3 Å². The molecule has 5 heteroatoms. The number of carbonyl (C=O) groups is 1. The largest absolute Gasteiger partial charge is 0.463 e. The fourth-order valence-electron chi connectivity index (χ4n) is 0.885. The van der Waals surface area contributed by atoms with Gasteiger partial charge in [-0.25, -0.2) is 4.79 Å². The van der Waals surface area contributed by atoms with Gasteiger partial charge in [-0.3, -0.25) is 4.98 Å². The first-order chi connectivity index (χ1) is 7.13. The van der Waals surface area contributed by atoms with E-state index >= 15 is 0 Å². The summed E-state index contributed by atoms with van der Waals surface area (Å²) in [5.74, 6) is -0.426. The topological polar surface area (TPSA) is 39.2 Å². The summed E-state index contributed by atoms with van der Waals surface area (Å²) >= 11 is 11.5. The van der Waals surface area contributed by atoms with Crippen molar-refractivity contribution in [3.63, 3.8) is 0 Å². The Balaban J connectivity index is 2.76. The van der Waals surface area contributed by atoms with Gasteiger partial charge in [0, 0.05) is 12.3 Å². The third-order valence-corrected chi connectivity index (χ3v) is 2.01. The Morgan fingerprint density at radius 1 is 1.60 bits per heavy atom. The van der Waals surface area contributed by atoms with E-state index < -0.39 is 5.97 Å². The molecule has 0 aliphatic carbocycles. The number of pyridine rings is 1. The Kier molecular flexibility index (Phi) is 4.59. The van der Waals surface area contributed by atoms with Crippen LogP contribution in [0.3, 0.4) is 0 Å². The minimum atomic E-state index is -0.426. The highest BCUT2D eigenvalue weighted by atomic mass is 35.5. The van der Waals surface area contributed by atoms with Crippen molar-refractivity contribution in [3.05, 3.63) is 34.1 Å². The predicted molar refractivity (Wildman–Crippen MR) is 59.9 cm³/mol. The molecule has 1 aromatic rings. The Morgan fingerprint density at radius 3 is 2.93 bits per heavy atom. The summed E-state index contributed by atoms with van der Waals surface area (Å²) in [5, 5.41) is 0.844. The average Bonchev–Trinajstić information content (AvgIpc) is 2.17. The maximum absolute atomic E-state index is 11.0. The molecule has 0 saturated heterocycles. The molecule has 0 aromatic carbocycles. The standard InChI is InChI=1S/C10H9Cl2NO2/c1-2-15-10(14)4-3-9-8(12)5-7(11)6-13-9/h3-6H,2H2,1H3. The first kappa shape index (κ1) is 12.0. The van der Waals surface area contributed by atoms with Crippen molar-refractivity contribution in [2.75, 3.05) is 6.61 Å². The van der Waals surface area contributed by atoms with Crippen molar-refractivity contribution in [1.82, 2.24) is 4.98 Å². The van der Waals surface area contributed by atoms with E-state index in [1.54, 1.807) is 13.0 Å². The summed E-state index contributed by atoms with van der Waals surface area (Å²) in [6.07, 6.45) is 4.21. The molecule has 80 valence electrons. The van der Waals surface area contributed by atoms with Crippen LogP contribution in [0.25, 0.3) is 6.08 Å². The number of hydrogen-bond acceptors (Lipinski definition) is 3. The summed E-state index contributed by atoms with van der Waals surface area (Å²) in [7, 11) is 0. The number of halogens is 2. The van der Waals surface area contributed by atoms with E-state index in [-0.39, 0.29) is 0 Å². The van der Waals surface area contributed by atoms with Crippen LogP contribution >= 0.6 is 23.2 Å². The van der Waals surface area contributed by atoms with E-state index in [1.165, 1.54) is 18.3 Å². The summed E-state index contributed by atoms with van der Waals surface area (Å²) in [6, 6.07) is 1.56. The average molecular weight is 246 g/mol. The van der Waals surface area contributed by atoms with Crippen molar-refractivity contribution in [2.45, 2.75) is 6.92 Å². The Morgan fingerprint density at radius 2 is 2.33 bits per heavy atom. The highest BCUT2D eigenvalue weighted by molar-refractivity contribution is 6.35. The van der Waals surface area contributed by atoms with Gasteiger partial charge in [-0.2, -0.15) is 0 Å². The lowest BCUT2D eigenvalue weighted by atomic mass is 10.3. The van der Waals surface area contributed by atoms with E-state index in [0.29, 0.717) is 22.3 Å². The second-order valence-corrected chi connectivity index (χ2v) is 3.45. The van der Waals surface area contributed by atoms with Gasteiger partial charge in [0.25, 0.3) is 0 Å². The summed E-state index contributed by atoms with van der Waals surface area (Å²) < 4.78 is 4.70. The Hall–Kier alpha value is -1.06. The van der Waals surface area contributed by atoms with Crippen molar-refractivity contribution in [1.29, 1.82) is 0 Å². The van der Waals surface area contributed by atoms with Gasteiger partial charge in [-0.1, -0.05) is 23.2 Å². The molecule has 0 unspecified atom stereocenters. The van der Waals surface area contributed by atoms with Crippen LogP contribution in [0.5, 0.6) is 0 Å². The van der Waals surface area contributed by atoms with Crippen LogP contribution in [-0.2, 0) is 9.53 Å². The molecule has 15 heavy (non-hydrogen) atoms. The van der Waals surface area contributed by atoms with E-state index in [4.69, 9.17) is 27.9 Å². The molecule has 0 radical (unpaired) electrons. The minimum absolute atomic E-state index is 0.338. The molecule has 3 nitrogen and oxygen atoms in total. The second-order valence-electron chi connectivity index (χ2n) is 2.61. The Labute approximate surface area is 97.7 Å². The van der Waals surface area contributed by atoms with Crippen LogP contribution in [0.1, 0.15) is 12.6 Å².